The number of fused-ring (bicyclic) bond motifs is 1. The molecule has 21 heavy (non-hydrogen) atoms. The van der Waals surface area contributed by atoms with Crippen LogP contribution in [-0.2, 0) is 16.1 Å². The Balaban J connectivity index is 1.69. The summed E-state index contributed by atoms with van der Waals surface area (Å²) in [5, 5.41) is 1.10. The van der Waals surface area contributed by atoms with Crippen LogP contribution in [0, 0.1) is 6.92 Å². The Bertz CT molecular complexity index is 709. The van der Waals surface area contributed by atoms with Crippen molar-refractivity contribution in [3.63, 3.8) is 0 Å². The van der Waals surface area contributed by atoms with E-state index in [1.165, 1.54) is 5.56 Å². The maximum atomic E-state index is 11.9. The topological polar surface area (TPSA) is 46.6 Å². The third-order valence-electron chi connectivity index (χ3n) is 3.44. The van der Waals surface area contributed by atoms with E-state index < -0.39 is 11.7 Å². The van der Waals surface area contributed by atoms with Crippen molar-refractivity contribution in [1.29, 1.82) is 0 Å². The predicted molar refractivity (Wildman–Crippen MR) is 79.1 cm³/mol. The zero-order valence-corrected chi connectivity index (χ0v) is 11.7. The molecule has 2 aromatic carbocycles. The number of Topliss-reactive ketones (excluding diaryl/α,β-unsaturated/α-hetero) is 1. The fourth-order valence-electron chi connectivity index (χ4n) is 2.41. The number of carbonyl (C=O) groups is 2. The average molecular weight is 281 g/mol. The zero-order valence-electron chi connectivity index (χ0n) is 11.7. The molecular weight excluding hydrogens is 266 g/mol. The number of ketones is 1. The van der Waals surface area contributed by atoms with E-state index in [1.807, 2.05) is 25.1 Å². The number of amides is 1. The third-order valence-corrected chi connectivity index (χ3v) is 3.44. The number of hydrogen-bond donors (Lipinski definition) is 0. The van der Waals surface area contributed by atoms with Gasteiger partial charge in [-0.2, -0.15) is 5.06 Å². The van der Waals surface area contributed by atoms with Crippen LogP contribution in [0.2, 0.25) is 0 Å². The first kappa shape index (κ1) is 13.5. The minimum atomic E-state index is -0.625. The van der Waals surface area contributed by atoms with Gasteiger partial charge in [0.25, 0.3) is 5.78 Å². The first-order valence-corrected chi connectivity index (χ1v) is 6.83. The van der Waals surface area contributed by atoms with Crippen molar-refractivity contribution in [3.05, 3.63) is 65.2 Å². The van der Waals surface area contributed by atoms with Crippen LogP contribution in [-0.4, -0.2) is 18.3 Å². The maximum Gasteiger partial charge on any atom is 0.323 e. The molecular formula is C17H15NO3. The van der Waals surface area contributed by atoms with Crippen LogP contribution in [0.1, 0.15) is 21.5 Å². The van der Waals surface area contributed by atoms with Crippen molar-refractivity contribution in [2.45, 2.75) is 13.3 Å². The number of para-hydroxylation sites is 1. The van der Waals surface area contributed by atoms with Gasteiger partial charge in [-0.25, -0.2) is 0 Å². The molecule has 1 aliphatic heterocycles. The molecule has 106 valence electrons. The predicted octanol–water partition coefficient (Wildman–Crippen LogP) is 2.70. The number of hydrogen-bond acceptors (Lipinski definition) is 3. The van der Waals surface area contributed by atoms with Crippen molar-refractivity contribution in [1.82, 2.24) is 0 Å². The smallest absolute Gasteiger partial charge is 0.283 e. The van der Waals surface area contributed by atoms with Crippen LogP contribution in [0.15, 0.2) is 48.5 Å². The Hall–Kier alpha value is -2.46. The highest BCUT2D eigenvalue weighted by atomic mass is 16.7. The second-order valence-corrected chi connectivity index (χ2v) is 5.02. The monoisotopic (exact) mass is 281 g/mol. The molecule has 0 aliphatic carbocycles. The van der Waals surface area contributed by atoms with Crippen LogP contribution in [0.4, 0.5) is 5.69 Å². The summed E-state index contributed by atoms with van der Waals surface area (Å²) in [5.74, 6) is -1.14. The largest absolute Gasteiger partial charge is 0.323 e. The highest BCUT2D eigenvalue weighted by Gasteiger charge is 2.36. The summed E-state index contributed by atoms with van der Waals surface area (Å²) < 4.78 is 0. The summed E-state index contributed by atoms with van der Waals surface area (Å²) in [7, 11) is 0. The van der Waals surface area contributed by atoms with Gasteiger partial charge in [0.1, 0.15) is 0 Å². The molecule has 2 aromatic rings. The molecule has 0 N–H and O–H groups in total. The van der Waals surface area contributed by atoms with E-state index in [1.54, 1.807) is 24.3 Å². The fourth-order valence-corrected chi connectivity index (χ4v) is 2.41. The quantitative estimate of drug-likeness (QED) is 0.809. The SMILES string of the molecule is Cc1cccc(CCON2C(=O)C(=O)c3ccccc32)c1. The van der Waals surface area contributed by atoms with Crippen molar-refractivity contribution < 1.29 is 14.4 Å². The molecule has 1 aliphatic rings. The molecule has 0 aromatic heterocycles. The highest BCUT2D eigenvalue weighted by molar-refractivity contribution is 6.51. The number of benzene rings is 2. The summed E-state index contributed by atoms with van der Waals surface area (Å²) in [6, 6.07) is 15.0. The van der Waals surface area contributed by atoms with Crippen molar-refractivity contribution in [3.8, 4) is 0 Å². The van der Waals surface area contributed by atoms with Crippen molar-refractivity contribution >= 4 is 17.4 Å². The molecule has 0 unspecified atom stereocenters. The zero-order chi connectivity index (χ0) is 14.8. The normalized spacial score (nSPS) is 13.7. The van der Waals surface area contributed by atoms with Gasteiger partial charge in [-0.05, 0) is 31.0 Å². The van der Waals surface area contributed by atoms with Crippen molar-refractivity contribution in [2.75, 3.05) is 11.7 Å². The van der Waals surface area contributed by atoms with Crippen LogP contribution < -0.4 is 5.06 Å². The fraction of sp³-hybridized carbons (Fsp3) is 0.176. The van der Waals surface area contributed by atoms with Gasteiger partial charge in [0, 0.05) is 0 Å². The molecule has 3 rings (SSSR count). The summed E-state index contributed by atoms with van der Waals surface area (Å²) in [5.41, 5.74) is 3.25. The van der Waals surface area contributed by atoms with E-state index >= 15 is 0 Å². The molecule has 0 saturated carbocycles. The van der Waals surface area contributed by atoms with E-state index in [9.17, 15) is 9.59 Å². The lowest BCUT2D eigenvalue weighted by atomic mass is 10.1. The van der Waals surface area contributed by atoms with Gasteiger partial charge in [-0.3, -0.25) is 14.4 Å². The second-order valence-electron chi connectivity index (χ2n) is 5.02. The highest BCUT2D eigenvalue weighted by Crippen LogP contribution is 2.28. The summed E-state index contributed by atoms with van der Waals surface area (Å²) >= 11 is 0. The number of carbonyl (C=O) groups excluding carboxylic acids is 2. The number of rotatable bonds is 4. The number of aryl methyl sites for hydroxylation is 1. The van der Waals surface area contributed by atoms with E-state index in [2.05, 4.69) is 6.07 Å². The van der Waals surface area contributed by atoms with Crippen LogP contribution in [0.3, 0.4) is 0 Å². The third kappa shape index (κ3) is 2.58. The molecule has 0 saturated heterocycles. The molecule has 0 bridgehead atoms. The Morgan fingerprint density at radius 2 is 1.86 bits per heavy atom. The molecule has 4 nitrogen and oxygen atoms in total. The number of hydroxylamine groups is 1. The van der Waals surface area contributed by atoms with E-state index in [0.29, 0.717) is 24.3 Å². The molecule has 0 atom stereocenters. The summed E-state index contributed by atoms with van der Waals surface area (Å²) in [4.78, 5) is 29.2. The van der Waals surface area contributed by atoms with Gasteiger partial charge in [-0.1, -0.05) is 42.0 Å². The van der Waals surface area contributed by atoms with Gasteiger partial charge >= 0.3 is 5.91 Å². The van der Waals surface area contributed by atoms with E-state index in [-0.39, 0.29) is 0 Å². The molecule has 1 heterocycles. The first-order chi connectivity index (χ1) is 10.2. The molecule has 0 radical (unpaired) electrons. The maximum absolute atomic E-state index is 11.9. The lowest BCUT2D eigenvalue weighted by molar-refractivity contribution is -0.121. The standard InChI is InChI=1S/C17H15NO3/c1-12-5-4-6-13(11-12)9-10-21-18-15-8-3-2-7-14(15)16(19)17(18)20/h2-8,11H,9-10H2,1H3. The Morgan fingerprint density at radius 3 is 2.67 bits per heavy atom. The lowest BCUT2D eigenvalue weighted by Gasteiger charge is -2.15. The average Bonchev–Trinajstić information content (AvgIpc) is 2.73. The minimum Gasteiger partial charge on any atom is -0.283 e. The van der Waals surface area contributed by atoms with Gasteiger partial charge < -0.3 is 0 Å². The number of anilines is 1. The Labute approximate surface area is 122 Å². The van der Waals surface area contributed by atoms with Gasteiger partial charge in [0.15, 0.2) is 0 Å². The summed E-state index contributed by atoms with van der Waals surface area (Å²) in [6.45, 7) is 2.38. The molecule has 1 amide bonds. The van der Waals surface area contributed by atoms with E-state index in [0.717, 1.165) is 10.6 Å². The number of nitrogens with zero attached hydrogens (tertiary/aromatic N) is 1. The molecule has 0 spiro atoms. The van der Waals surface area contributed by atoms with Gasteiger partial charge in [0.05, 0.1) is 17.9 Å². The lowest BCUT2D eigenvalue weighted by Crippen LogP contribution is -2.30. The van der Waals surface area contributed by atoms with Crippen LogP contribution in [0.5, 0.6) is 0 Å². The Morgan fingerprint density at radius 1 is 1.05 bits per heavy atom. The van der Waals surface area contributed by atoms with E-state index in [4.69, 9.17) is 4.84 Å². The molecule has 4 heteroatoms. The summed E-state index contributed by atoms with van der Waals surface area (Å²) in [6.07, 6.45) is 0.682. The van der Waals surface area contributed by atoms with Gasteiger partial charge in [0.2, 0.25) is 0 Å². The van der Waals surface area contributed by atoms with Crippen molar-refractivity contribution in [2.24, 2.45) is 0 Å². The minimum absolute atomic E-state index is 0.344. The second kappa shape index (κ2) is 5.50. The van der Waals surface area contributed by atoms with Gasteiger partial charge in [-0.15, -0.1) is 0 Å². The molecule has 0 fully saturated rings. The van der Waals surface area contributed by atoms with Crippen LogP contribution >= 0.6 is 0 Å². The Kier molecular flexibility index (Phi) is 3.54. The first-order valence-electron chi connectivity index (χ1n) is 6.83. The van der Waals surface area contributed by atoms with Crippen LogP contribution in [0.25, 0.3) is 0 Å².